The molecular formula is C14H26N2O2. The minimum absolute atomic E-state index is 0.0771. The summed E-state index contributed by atoms with van der Waals surface area (Å²) < 4.78 is 0. The Bertz CT molecular complexity index is 307. The Morgan fingerprint density at radius 2 is 1.89 bits per heavy atom. The van der Waals surface area contributed by atoms with Gasteiger partial charge in [0.2, 0.25) is 11.8 Å². The van der Waals surface area contributed by atoms with Crippen LogP contribution in [0.5, 0.6) is 0 Å². The Hall–Kier alpha value is -1.06. The highest BCUT2D eigenvalue weighted by Crippen LogP contribution is 2.23. The van der Waals surface area contributed by atoms with E-state index in [9.17, 15) is 9.59 Å². The summed E-state index contributed by atoms with van der Waals surface area (Å²) in [5.41, 5.74) is -0.445. The van der Waals surface area contributed by atoms with Gasteiger partial charge < -0.3 is 10.6 Å². The quantitative estimate of drug-likeness (QED) is 0.807. The van der Waals surface area contributed by atoms with E-state index in [1.165, 1.54) is 12.8 Å². The van der Waals surface area contributed by atoms with E-state index < -0.39 is 5.41 Å². The van der Waals surface area contributed by atoms with Gasteiger partial charge in [-0.1, -0.05) is 40.5 Å². The summed E-state index contributed by atoms with van der Waals surface area (Å²) in [7, 11) is 0. The van der Waals surface area contributed by atoms with E-state index >= 15 is 0 Å². The van der Waals surface area contributed by atoms with Gasteiger partial charge in [-0.3, -0.25) is 9.59 Å². The van der Waals surface area contributed by atoms with E-state index in [1.54, 1.807) is 0 Å². The molecule has 2 N–H and O–H groups in total. The van der Waals surface area contributed by atoms with Gasteiger partial charge in [-0.15, -0.1) is 0 Å². The van der Waals surface area contributed by atoms with Gasteiger partial charge >= 0.3 is 0 Å². The molecule has 4 nitrogen and oxygen atoms in total. The molecule has 0 aromatic carbocycles. The standard InChI is InChI=1S/C14H26N2O2/c1-10-6-5-7-11(8-10)16-12(17)9-15-13(18)14(2,3)4/h10-11H,5-9H2,1-4H3,(H,15,18)(H,16,17). The summed E-state index contributed by atoms with van der Waals surface area (Å²) in [6.07, 6.45) is 4.55. The van der Waals surface area contributed by atoms with Gasteiger partial charge in [-0.2, -0.15) is 0 Å². The highest BCUT2D eigenvalue weighted by Gasteiger charge is 2.23. The Kier molecular flexibility index (Phi) is 5.17. The lowest BCUT2D eigenvalue weighted by molar-refractivity contribution is -0.131. The molecule has 1 aliphatic carbocycles. The molecule has 0 heterocycles. The molecule has 1 fully saturated rings. The molecule has 0 bridgehead atoms. The first kappa shape index (κ1) is 15.0. The third kappa shape index (κ3) is 5.07. The number of carbonyl (C=O) groups is 2. The van der Waals surface area contributed by atoms with Crippen LogP contribution in [0.15, 0.2) is 0 Å². The lowest BCUT2D eigenvalue weighted by Crippen LogP contribution is -2.45. The van der Waals surface area contributed by atoms with Gasteiger partial charge in [0.15, 0.2) is 0 Å². The van der Waals surface area contributed by atoms with Gasteiger partial charge in [0.05, 0.1) is 6.54 Å². The SMILES string of the molecule is CC1CCCC(NC(=O)CNC(=O)C(C)(C)C)C1. The Morgan fingerprint density at radius 1 is 1.22 bits per heavy atom. The molecule has 1 rings (SSSR count). The first-order valence-corrected chi connectivity index (χ1v) is 6.86. The average Bonchev–Trinajstić information content (AvgIpc) is 2.24. The minimum Gasteiger partial charge on any atom is -0.352 e. The molecule has 18 heavy (non-hydrogen) atoms. The van der Waals surface area contributed by atoms with Crippen LogP contribution < -0.4 is 10.6 Å². The van der Waals surface area contributed by atoms with E-state index in [0.717, 1.165) is 12.8 Å². The molecule has 0 aromatic rings. The first-order valence-electron chi connectivity index (χ1n) is 6.86. The smallest absolute Gasteiger partial charge is 0.239 e. The molecule has 2 atom stereocenters. The fraction of sp³-hybridized carbons (Fsp3) is 0.857. The molecular weight excluding hydrogens is 228 g/mol. The number of amides is 2. The zero-order chi connectivity index (χ0) is 13.8. The average molecular weight is 254 g/mol. The van der Waals surface area contributed by atoms with E-state index in [2.05, 4.69) is 17.6 Å². The summed E-state index contributed by atoms with van der Waals surface area (Å²) >= 11 is 0. The van der Waals surface area contributed by atoms with Gasteiger partial charge in [0.25, 0.3) is 0 Å². The first-order chi connectivity index (χ1) is 8.29. The topological polar surface area (TPSA) is 58.2 Å². The van der Waals surface area contributed by atoms with Crippen LogP contribution in [0, 0.1) is 11.3 Å². The van der Waals surface area contributed by atoms with Crippen molar-refractivity contribution < 1.29 is 9.59 Å². The lowest BCUT2D eigenvalue weighted by Gasteiger charge is -2.27. The summed E-state index contributed by atoms with van der Waals surface area (Å²) in [6, 6.07) is 0.285. The van der Waals surface area contributed by atoms with Crippen LogP contribution in [0.1, 0.15) is 53.4 Å². The normalized spacial score (nSPS) is 24.4. The molecule has 0 aromatic heterocycles. The maximum Gasteiger partial charge on any atom is 0.239 e. The second-order valence-electron chi connectivity index (χ2n) is 6.47. The maximum absolute atomic E-state index is 11.7. The van der Waals surface area contributed by atoms with Gasteiger partial charge in [0.1, 0.15) is 0 Å². The number of hydrogen-bond donors (Lipinski definition) is 2. The van der Waals surface area contributed by atoms with Gasteiger partial charge in [0, 0.05) is 11.5 Å². The van der Waals surface area contributed by atoms with E-state index in [0.29, 0.717) is 5.92 Å². The maximum atomic E-state index is 11.7. The van der Waals surface area contributed by atoms with Crippen LogP contribution in [0.25, 0.3) is 0 Å². The van der Waals surface area contributed by atoms with Crippen molar-refractivity contribution in [3.05, 3.63) is 0 Å². The van der Waals surface area contributed by atoms with Crippen molar-refractivity contribution in [2.75, 3.05) is 6.54 Å². The number of rotatable bonds is 3. The van der Waals surface area contributed by atoms with Crippen LogP contribution >= 0.6 is 0 Å². The van der Waals surface area contributed by atoms with Crippen molar-refractivity contribution in [3.63, 3.8) is 0 Å². The molecule has 1 saturated carbocycles. The van der Waals surface area contributed by atoms with Crippen LogP contribution in [-0.2, 0) is 9.59 Å². The van der Waals surface area contributed by atoms with Crippen molar-refractivity contribution in [1.29, 1.82) is 0 Å². The third-order valence-electron chi connectivity index (χ3n) is 3.39. The van der Waals surface area contributed by atoms with E-state index in [1.807, 2.05) is 20.8 Å². The second-order valence-corrected chi connectivity index (χ2v) is 6.47. The highest BCUT2D eigenvalue weighted by atomic mass is 16.2. The molecule has 0 aliphatic heterocycles. The van der Waals surface area contributed by atoms with Crippen molar-refractivity contribution in [2.24, 2.45) is 11.3 Å². The number of carbonyl (C=O) groups excluding carboxylic acids is 2. The van der Waals surface area contributed by atoms with Crippen molar-refractivity contribution in [2.45, 2.75) is 59.4 Å². The van der Waals surface area contributed by atoms with Crippen LogP contribution in [0.2, 0.25) is 0 Å². The van der Waals surface area contributed by atoms with E-state index in [-0.39, 0.29) is 24.4 Å². The summed E-state index contributed by atoms with van der Waals surface area (Å²) in [5.74, 6) is 0.523. The molecule has 0 spiro atoms. The Balaban J connectivity index is 2.27. The predicted molar refractivity (Wildman–Crippen MR) is 72.0 cm³/mol. The summed E-state index contributed by atoms with van der Waals surface area (Å²) in [4.78, 5) is 23.3. The number of hydrogen-bond acceptors (Lipinski definition) is 2. The molecule has 2 unspecified atom stereocenters. The summed E-state index contributed by atoms with van der Waals surface area (Å²) in [6.45, 7) is 7.82. The zero-order valence-electron chi connectivity index (χ0n) is 12.0. The van der Waals surface area contributed by atoms with Gasteiger partial charge in [-0.05, 0) is 18.8 Å². The second kappa shape index (κ2) is 6.21. The monoisotopic (exact) mass is 254 g/mol. The van der Waals surface area contributed by atoms with Crippen LogP contribution in [-0.4, -0.2) is 24.4 Å². The minimum atomic E-state index is -0.445. The van der Waals surface area contributed by atoms with E-state index in [4.69, 9.17) is 0 Å². The molecule has 104 valence electrons. The molecule has 2 amide bonds. The molecule has 4 heteroatoms. The Labute approximate surface area is 110 Å². The third-order valence-corrected chi connectivity index (χ3v) is 3.39. The highest BCUT2D eigenvalue weighted by molar-refractivity contribution is 5.87. The predicted octanol–water partition coefficient (Wildman–Crippen LogP) is 1.84. The van der Waals surface area contributed by atoms with Crippen molar-refractivity contribution in [1.82, 2.24) is 10.6 Å². The van der Waals surface area contributed by atoms with Crippen LogP contribution in [0.3, 0.4) is 0 Å². The zero-order valence-corrected chi connectivity index (χ0v) is 12.0. The number of nitrogens with one attached hydrogen (secondary N) is 2. The lowest BCUT2D eigenvalue weighted by atomic mass is 9.87. The van der Waals surface area contributed by atoms with Crippen molar-refractivity contribution in [3.8, 4) is 0 Å². The molecule has 1 aliphatic rings. The summed E-state index contributed by atoms with van der Waals surface area (Å²) in [5, 5.41) is 5.67. The Morgan fingerprint density at radius 3 is 2.44 bits per heavy atom. The molecule has 0 saturated heterocycles. The van der Waals surface area contributed by atoms with Crippen molar-refractivity contribution >= 4 is 11.8 Å². The fourth-order valence-electron chi connectivity index (χ4n) is 2.27. The largest absolute Gasteiger partial charge is 0.352 e. The fourth-order valence-corrected chi connectivity index (χ4v) is 2.27. The molecule has 0 radical (unpaired) electrons. The van der Waals surface area contributed by atoms with Gasteiger partial charge in [-0.25, -0.2) is 0 Å². The van der Waals surface area contributed by atoms with Crippen LogP contribution in [0.4, 0.5) is 0 Å².